The molecule has 0 aliphatic carbocycles. The minimum absolute atomic E-state index is 0.0301. The van der Waals surface area contributed by atoms with Gasteiger partial charge in [0, 0.05) is 17.8 Å². The van der Waals surface area contributed by atoms with E-state index >= 15 is 0 Å². The first kappa shape index (κ1) is 28.7. The summed E-state index contributed by atoms with van der Waals surface area (Å²) in [7, 11) is -3.88. The smallest absolute Gasteiger partial charge is 0.261 e. The highest BCUT2D eigenvalue weighted by Gasteiger charge is 2.23. The summed E-state index contributed by atoms with van der Waals surface area (Å²) in [6.07, 6.45) is 4.97. The van der Waals surface area contributed by atoms with Crippen LogP contribution in [-0.4, -0.2) is 20.7 Å². The number of hydrogen-bond donors (Lipinski definition) is 4. The Kier molecular flexibility index (Phi) is 9.90. The van der Waals surface area contributed by atoms with E-state index in [4.69, 9.17) is 0 Å². The van der Waals surface area contributed by atoms with Crippen molar-refractivity contribution in [3.8, 4) is 0 Å². The lowest BCUT2D eigenvalue weighted by Gasteiger charge is -2.24. The van der Waals surface area contributed by atoms with Crippen LogP contribution in [0.15, 0.2) is 77.7 Å². The number of rotatable bonds is 14. The second-order valence-electron chi connectivity index (χ2n) is 10.1. The molecule has 0 heterocycles. The van der Waals surface area contributed by atoms with Gasteiger partial charge in [-0.15, -0.1) is 0 Å². The molecule has 0 fully saturated rings. The van der Waals surface area contributed by atoms with E-state index < -0.39 is 10.0 Å². The second-order valence-corrected chi connectivity index (χ2v) is 11.8. The van der Waals surface area contributed by atoms with E-state index in [1.54, 1.807) is 36.4 Å². The van der Waals surface area contributed by atoms with E-state index in [0.717, 1.165) is 12.8 Å². The van der Waals surface area contributed by atoms with Gasteiger partial charge in [0.2, 0.25) is 12.3 Å². The topological polar surface area (TPSA) is 116 Å². The first-order valence-corrected chi connectivity index (χ1v) is 14.1. The SMILES string of the molecule is CCCCc1ccc(CC(C)(C)CC(=O)Nc2cccc(S(=O)(=O)Nc3ccc(NNC=O)cc3)c2)cc1. The molecule has 3 rings (SSSR count). The van der Waals surface area contributed by atoms with Gasteiger partial charge >= 0.3 is 0 Å². The molecule has 0 bridgehead atoms. The van der Waals surface area contributed by atoms with Gasteiger partial charge in [0.05, 0.1) is 10.6 Å². The van der Waals surface area contributed by atoms with Crippen molar-refractivity contribution in [2.45, 2.75) is 57.8 Å². The molecule has 0 saturated heterocycles. The summed E-state index contributed by atoms with van der Waals surface area (Å²) in [6.45, 7) is 6.29. The molecule has 0 unspecified atom stereocenters. The third-order valence-corrected chi connectivity index (χ3v) is 7.38. The zero-order chi connectivity index (χ0) is 27.6. The highest BCUT2D eigenvalue weighted by molar-refractivity contribution is 7.92. The van der Waals surface area contributed by atoms with Crippen molar-refractivity contribution in [3.05, 3.63) is 83.9 Å². The average Bonchev–Trinajstić information content (AvgIpc) is 2.87. The van der Waals surface area contributed by atoms with Crippen LogP contribution in [0.25, 0.3) is 0 Å². The molecule has 3 aromatic carbocycles. The molecule has 202 valence electrons. The fourth-order valence-electron chi connectivity index (χ4n) is 4.15. The van der Waals surface area contributed by atoms with E-state index in [9.17, 15) is 18.0 Å². The second kappa shape index (κ2) is 13.1. The molecule has 38 heavy (non-hydrogen) atoms. The Morgan fingerprint density at radius 3 is 2.21 bits per heavy atom. The van der Waals surface area contributed by atoms with Crippen molar-refractivity contribution in [1.29, 1.82) is 0 Å². The predicted octanol–water partition coefficient (Wildman–Crippen LogP) is 5.50. The minimum Gasteiger partial charge on any atom is -0.326 e. The molecule has 0 atom stereocenters. The van der Waals surface area contributed by atoms with Gasteiger partial charge < -0.3 is 5.32 Å². The highest BCUT2D eigenvalue weighted by atomic mass is 32.2. The van der Waals surface area contributed by atoms with Crippen molar-refractivity contribution < 1.29 is 18.0 Å². The molecule has 9 heteroatoms. The largest absolute Gasteiger partial charge is 0.326 e. The first-order valence-electron chi connectivity index (χ1n) is 12.7. The van der Waals surface area contributed by atoms with Crippen molar-refractivity contribution in [3.63, 3.8) is 0 Å². The number of unbranched alkanes of at least 4 members (excludes halogenated alkanes) is 1. The molecule has 0 aliphatic heterocycles. The summed E-state index contributed by atoms with van der Waals surface area (Å²) in [5.74, 6) is -0.177. The van der Waals surface area contributed by atoms with Gasteiger partial charge in [-0.05, 0) is 78.3 Å². The quantitative estimate of drug-likeness (QED) is 0.160. The molecule has 8 nitrogen and oxygen atoms in total. The molecule has 0 radical (unpaired) electrons. The fourth-order valence-corrected chi connectivity index (χ4v) is 5.25. The third-order valence-electron chi connectivity index (χ3n) is 6.00. The maximum absolute atomic E-state index is 12.9. The molecular formula is C29H36N4O4S. The monoisotopic (exact) mass is 536 g/mol. The summed E-state index contributed by atoms with van der Waals surface area (Å²) in [6, 6.07) is 21.1. The van der Waals surface area contributed by atoms with E-state index in [2.05, 4.69) is 65.9 Å². The lowest BCUT2D eigenvalue weighted by Crippen LogP contribution is -2.24. The Hall–Kier alpha value is -3.85. The van der Waals surface area contributed by atoms with Crippen molar-refractivity contribution >= 4 is 39.4 Å². The zero-order valence-electron chi connectivity index (χ0n) is 22.1. The average molecular weight is 537 g/mol. The van der Waals surface area contributed by atoms with Crippen molar-refractivity contribution in [1.82, 2.24) is 5.43 Å². The van der Waals surface area contributed by atoms with Crippen LogP contribution in [0.1, 0.15) is 51.2 Å². The van der Waals surface area contributed by atoms with Gasteiger partial charge in [-0.1, -0.05) is 57.5 Å². The number of hydrazine groups is 1. The summed E-state index contributed by atoms with van der Waals surface area (Å²) >= 11 is 0. The summed E-state index contributed by atoms with van der Waals surface area (Å²) in [4.78, 5) is 23.2. The van der Waals surface area contributed by atoms with Gasteiger partial charge in [0.1, 0.15) is 0 Å². The van der Waals surface area contributed by atoms with Gasteiger partial charge in [0.15, 0.2) is 0 Å². The number of amides is 2. The Bertz CT molecular complexity index is 1320. The standard InChI is InChI=1S/C29H36N4O4S/c1-4-5-7-22-10-12-23(13-11-22)19-29(2,3)20-28(35)31-26-8-6-9-27(18-26)38(36,37)33-25-16-14-24(15-17-25)32-30-21-34/h6,8-18,21,32-33H,4-5,7,19-20H2,1-3H3,(H,30,34)(H,31,35). The van der Waals surface area contributed by atoms with Crippen LogP contribution in [0.2, 0.25) is 0 Å². The maximum Gasteiger partial charge on any atom is 0.261 e. The van der Waals surface area contributed by atoms with E-state index in [0.29, 0.717) is 29.9 Å². The molecule has 0 saturated carbocycles. The van der Waals surface area contributed by atoms with E-state index in [-0.39, 0.29) is 16.2 Å². The normalized spacial score (nSPS) is 11.4. The van der Waals surface area contributed by atoms with Crippen LogP contribution >= 0.6 is 0 Å². The minimum atomic E-state index is -3.88. The van der Waals surface area contributed by atoms with Gasteiger partial charge in [-0.2, -0.15) is 0 Å². The predicted molar refractivity (Wildman–Crippen MR) is 152 cm³/mol. The van der Waals surface area contributed by atoms with Crippen LogP contribution < -0.4 is 20.9 Å². The van der Waals surface area contributed by atoms with Crippen LogP contribution in [0.3, 0.4) is 0 Å². The summed E-state index contributed by atoms with van der Waals surface area (Å²) in [5, 5.41) is 2.84. The van der Waals surface area contributed by atoms with Gasteiger partial charge in [-0.25, -0.2) is 8.42 Å². The van der Waals surface area contributed by atoms with Crippen LogP contribution in [0.4, 0.5) is 17.1 Å². The number of anilines is 3. The molecule has 4 N–H and O–H groups in total. The Balaban J connectivity index is 1.59. The van der Waals surface area contributed by atoms with Crippen LogP contribution in [0.5, 0.6) is 0 Å². The van der Waals surface area contributed by atoms with Gasteiger partial charge in [-0.3, -0.25) is 25.2 Å². The highest BCUT2D eigenvalue weighted by Crippen LogP contribution is 2.28. The molecule has 2 amide bonds. The molecule has 0 spiro atoms. The number of hydrogen-bond acceptors (Lipinski definition) is 5. The summed E-state index contributed by atoms with van der Waals surface area (Å²) < 4.78 is 28.3. The van der Waals surface area contributed by atoms with Crippen LogP contribution in [0, 0.1) is 5.41 Å². The molecule has 0 aliphatic rings. The first-order chi connectivity index (χ1) is 18.1. The number of benzene rings is 3. The number of aryl methyl sites for hydroxylation is 1. The number of sulfonamides is 1. The van der Waals surface area contributed by atoms with Crippen molar-refractivity contribution in [2.24, 2.45) is 5.41 Å². The van der Waals surface area contributed by atoms with Crippen LogP contribution in [-0.2, 0) is 32.5 Å². The zero-order valence-corrected chi connectivity index (χ0v) is 22.9. The van der Waals surface area contributed by atoms with Gasteiger partial charge in [0.25, 0.3) is 10.0 Å². The lowest BCUT2D eigenvalue weighted by atomic mass is 9.82. The van der Waals surface area contributed by atoms with E-state index in [1.807, 2.05) is 0 Å². The molecule has 0 aromatic heterocycles. The van der Waals surface area contributed by atoms with Crippen molar-refractivity contribution in [2.75, 3.05) is 15.5 Å². The number of carbonyl (C=O) groups is 2. The Morgan fingerprint density at radius 1 is 0.895 bits per heavy atom. The van der Waals surface area contributed by atoms with E-state index in [1.165, 1.54) is 36.1 Å². The third kappa shape index (κ3) is 8.92. The number of nitrogens with one attached hydrogen (secondary N) is 4. The summed E-state index contributed by atoms with van der Waals surface area (Å²) in [5.41, 5.74) is 8.56. The number of carbonyl (C=O) groups excluding carboxylic acids is 2. The lowest BCUT2D eigenvalue weighted by molar-refractivity contribution is -0.118. The Labute approximate surface area is 225 Å². The molecule has 3 aromatic rings. The maximum atomic E-state index is 12.9. The fraction of sp³-hybridized carbons (Fsp3) is 0.310. The molecular weight excluding hydrogens is 500 g/mol. The Morgan fingerprint density at radius 2 is 1.55 bits per heavy atom.